The van der Waals surface area contributed by atoms with Crippen LogP contribution in [0.4, 0.5) is 4.79 Å². The molecule has 1 aliphatic rings. The lowest BCUT2D eigenvalue weighted by Gasteiger charge is -2.26. The van der Waals surface area contributed by atoms with Crippen LogP contribution in [0.5, 0.6) is 0 Å². The highest BCUT2D eigenvalue weighted by molar-refractivity contribution is 6.00. The molecule has 3 rings (SSSR count). The highest BCUT2D eigenvalue weighted by Gasteiger charge is 2.26. The van der Waals surface area contributed by atoms with Crippen LogP contribution >= 0.6 is 0 Å². The van der Waals surface area contributed by atoms with Crippen LogP contribution in [0.3, 0.4) is 0 Å². The third kappa shape index (κ3) is 7.55. The average molecular weight is 423 g/mol. The van der Waals surface area contributed by atoms with Crippen molar-refractivity contribution in [2.75, 3.05) is 6.54 Å². The first-order valence-corrected chi connectivity index (χ1v) is 10.9. The van der Waals surface area contributed by atoms with Gasteiger partial charge in [0.05, 0.1) is 6.54 Å². The summed E-state index contributed by atoms with van der Waals surface area (Å²) in [7, 11) is 0. The van der Waals surface area contributed by atoms with E-state index in [0.717, 1.165) is 31.2 Å². The summed E-state index contributed by atoms with van der Waals surface area (Å²) in [5.41, 5.74) is 1.42. The van der Waals surface area contributed by atoms with Crippen molar-refractivity contribution >= 4 is 17.8 Å². The van der Waals surface area contributed by atoms with E-state index in [-0.39, 0.29) is 24.8 Å². The summed E-state index contributed by atoms with van der Waals surface area (Å²) in [5.74, 6) is -0.146. The molecule has 0 aliphatic heterocycles. The molecular weight excluding hydrogens is 392 g/mol. The lowest BCUT2D eigenvalue weighted by molar-refractivity contribution is -0.123. The van der Waals surface area contributed by atoms with Crippen LogP contribution < -0.4 is 10.6 Å². The van der Waals surface area contributed by atoms with Crippen molar-refractivity contribution in [2.24, 2.45) is 5.92 Å². The number of rotatable bonds is 9. The summed E-state index contributed by atoms with van der Waals surface area (Å²) in [6.45, 7) is 0.0295. The topological polar surface area (TPSA) is 84.5 Å². The van der Waals surface area contributed by atoms with Crippen LogP contribution in [0.15, 0.2) is 60.7 Å². The number of hydrogen-bond donors (Lipinski definition) is 2. The van der Waals surface area contributed by atoms with Gasteiger partial charge in [-0.05, 0) is 17.9 Å². The number of nitrogens with one attached hydrogen (secondary N) is 2. The third-order valence-electron chi connectivity index (χ3n) is 5.63. The maximum atomic E-state index is 12.8. The highest BCUT2D eigenvalue weighted by Crippen LogP contribution is 2.27. The summed E-state index contributed by atoms with van der Waals surface area (Å²) >= 11 is 0. The van der Waals surface area contributed by atoms with E-state index in [0.29, 0.717) is 17.9 Å². The number of carbonyl (C=O) groups excluding carboxylic acids is 3. The Morgan fingerprint density at radius 3 is 2.23 bits per heavy atom. The molecule has 0 bridgehead atoms. The summed E-state index contributed by atoms with van der Waals surface area (Å²) in [5, 5.41) is 5.40. The van der Waals surface area contributed by atoms with Crippen LogP contribution in [0.1, 0.15) is 54.4 Å². The number of ketones is 1. The predicted molar refractivity (Wildman–Crippen MR) is 119 cm³/mol. The largest absolute Gasteiger partial charge is 0.445 e. The normalized spacial score (nSPS) is 15.0. The average Bonchev–Trinajstić information content (AvgIpc) is 2.82. The Kier molecular flexibility index (Phi) is 8.64. The van der Waals surface area contributed by atoms with Crippen LogP contribution in [-0.4, -0.2) is 30.4 Å². The molecule has 1 unspecified atom stereocenters. The Morgan fingerprint density at radius 1 is 0.903 bits per heavy atom. The van der Waals surface area contributed by atoms with Gasteiger partial charge in [-0.2, -0.15) is 0 Å². The van der Waals surface area contributed by atoms with Gasteiger partial charge in [0.1, 0.15) is 12.6 Å². The van der Waals surface area contributed by atoms with Gasteiger partial charge in [-0.3, -0.25) is 9.59 Å². The first-order valence-electron chi connectivity index (χ1n) is 10.9. The zero-order valence-electron chi connectivity index (χ0n) is 17.7. The second-order valence-electron chi connectivity index (χ2n) is 8.01. The van der Waals surface area contributed by atoms with Crippen molar-refractivity contribution in [3.05, 3.63) is 71.8 Å². The van der Waals surface area contributed by atoms with Crippen molar-refractivity contribution < 1.29 is 19.1 Å². The Hall–Kier alpha value is -3.15. The molecule has 0 aromatic heterocycles. The fourth-order valence-corrected chi connectivity index (χ4v) is 3.91. The zero-order chi connectivity index (χ0) is 21.9. The molecule has 31 heavy (non-hydrogen) atoms. The molecule has 0 heterocycles. The van der Waals surface area contributed by atoms with E-state index in [9.17, 15) is 14.4 Å². The number of carbonyl (C=O) groups is 3. The van der Waals surface area contributed by atoms with Gasteiger partial charge in [-0.1, -0.05) is 92.8 Å². The van der Waals surface area contributed by atoms with E-state index in [4.69, 9.17) is 4.74 Å². The van der Waals surface area contributed by atoms with E-state index in [2.05, 4.69) is 10.6 Å². The lowest BCUT2D eigenvalue weighted by atomic mass is 9.84. The number of amides is 2. The van der Waals surface area contributed by atoms with Gasteiger partial charge < -0.3 is 15.4 Å². The molecule has 2 amide bonds. The Balaban J connectivity index is 1.55. The van der Waals surface area contributed by atoms with Crippen LogP contribution in [0, 0.1) is 5.92 Å². The molecule has 164 valence electrons. The molecule has 2 aromatic rings. The van der Waals surface area contributed by atoms with Gasteiger partial charge in [-0.15, -0.1) is 0 Å². The lowest BCUT2D eigenvalue weighted by Crippen LogP contribution is -2.49. The fraction of sp³-hybridized carbons (Fsp3) is 0.400. The summed E-state index contributed by atoms with van der Waals surface area (Å²) in [6.07, 6.45) is 5.51. The molecule has 1 fully saturated rings. The SMILES string of the molecule is O=C(NC(CC1CCCCC1)C(=O)NCC(=O)c1ccccc1)OCc1ccccc1. The molecule has 1 aliphatic carbocycles. The first-order chi connectivity index (χ1) is 15.1. The van der Waals surface area contributed by atoms with Crippen molar-refractivity contribution in [3.8, 4) is 0 Å². The number of hydrogen-bond acceptors (Lipinski definition) is 4. The minimum atomic E-state index is -0.727. The zero-order valence-corrected chi connectivity index (χ0v) is 17.7. The van der Waals surface area contributed by atoms with Crippen LogP contribution in [-0.2, 0) is 16.1 Å². The summed E-state index contributed by atoms with van der Waals surface area (Å²) < 4.78 is 5.30. The van der Waals surface area contributed by atoms with Gasteiger partial charge >= 0.3 is 6.09 Å². The highest BCUT2D eigenvalue weighted by atomic mass is 16.5. The Bertz CT molecular complexity index is 848. The van der Waals surface area contributed by atoms with Gasteiger partial charge in [0.25, 0.3) is 0 Å². The van der Waals surface area contributed by atoms with Gasteiger partial charge in [-0.25, -0.2) is 4.79 Å². The first kappa shape index (κ1) is 22.5. The second kappa shape index (κ2) is 11.9. The molecule has 0 saturated heterocycles. The van der Waals surface area contributed by atoms with E-state index in [1.54, 1.807) is 24.3 Å². The van der Waals surface area contributed by atoms with Gasteiger partial charge in [0.15, 0.2) is 5.78 Å². The standard InChI is InChI=1S/C25H30N2O4/c28-23(21-14-8-3-9-15-21)17-26-24(29)22(16-19-10-4-1-5-11-19)27-25(30)31-18-20-12-6-2-7-13-20/h2-3,6-9,12-15,19,22H,1,4-5,10-11,16-18H2,(H,26,29)(H,27,30). The maximum Gasteiger partial charge on any atom is 0.408 e. The maximum absolute atomic E-state index is 12.8. The fourth-order valence-electron chi connectivity index (χ4n) is 3.91. The molecule has 6 heteroatoms. The van der Waals surface area contributed by atoms with Crippen molar-refractivity contribution in [3.63, 3.8) is 0 Å². The van der Waals surface area contributed by atoms with Crippen LogP contribution in [0.2, 0.25) is 0 Å². The number of benzene rings is 2. The molecule has 6 nitrogen and oxygen atoms in total. The quantitative estimate of drug-likeness (QED) is 0.592. The second-order valence-corrected chi connectivity index (χ2v) is 8.01. The molecule has 1 atom stereocenters. The van der Waals surface area contributed by atoms with E-state index >= 15 is 0 Å². The van der Waals surface area contributed by atoms with Gasteiger partial charge in [0, 0.05) is 5.56 Å². The summed E-state index contributed by atoms with van der Waals surface area (Å²) in [6, 6.07) is 17.5. The molecular formula is C25H30N2O4. The molecule has 0 spiro atoms. The Labute approximate surface area is 183 Å². The van der Waals surface area contributed by atoms with Crippen molar-refractivity contribution in [1.29, 1.82) is 0 Å². The molecule has 2 aromatic carbocycles. The predicted octanol–water partition coefficient (Wildman–Crippen LogP) is 4.25. The minimum absolute atomic E-state index is 0.106. The van der Waals surface area contributed by atoms with E-state index < -0.39 is 12.1 Å². The molecule has 1 saturated carbocycles. The minimum Gasteiger partial charge on any atom is -0.445 e. The number of Topliss-reactive ketones (excluding diaryl/α,β-unsaturated/α-hetero) is 1. The smallest absolute Gasteiger partial charge is 0.408 e. The van der Waals surface area contributed by atoms with Crippen molar-refractivity contribution in [1.82, 2.24) is 10.6 Å². The van der Waals surface area contributed by atoms with E-state index in [1.165, 1.54) is 6.42 Å². The summed E-state index contributed by atoms with van der Waals surface area (Å²) in [4.78, 5) is 37.5. The third-order valence-corrected chi connectivity index (χ3v) is 5.63. The number of alkyl carbamates (subject to hydrolysis) is 1. The monoisotopic (exact) mass is 422 g/mol. The van der Waals surface area contributed by atoms with E-state index in [1.807, 2.05) is 36.4 Å². The van der Waals surface area contributed by atoms with Gasteiger partial charge in [0.2, 0.25) is 5.91 Å². The molecule has 0 radical (unpaired) electrons. The number of ether oxygens (including phenoxy) is 1. The van der Waals surface area contributed by atoms with Crippen molar-refractivity contribution in [2.45, 2.75) is 51.2 Å². The molecule has 2 N–H and O–H groups in total. The Morgan fingerprint density at radius 2 is 1.55 bits per heavy atom. The van der Waals surface area contributed by atoms with Crippen LogP contribution in [0.25, 0.3) is 0 Å².